The van der Waals surface area contributed by atoms with Crippen molar-refractivity contribution in [1.29, 1.82) is 5.26 Å². The lowest BCUT2D eigenvalue weighted by Gasteiger charge is -2.26. The van der Waals surface area contributed by atoms with E-state index >= 15 is 0 Å². The van der Waals surface area contributed by atoms with Gasteiger partial charge in [0.1, 0.15) is 5.54 Å². The first-order chi connectivity index (χ1) is 8.51. The van der Waals surface area contributed by atoms with Crippen LogP contribution in [-0.2, 0) is 11.3 Å². The lowest BCUT2D eigenvalue weighted by atomic mass is 9.96. The normalized spacial score (nSPS) is 13.6. The molecule has 4 nitrogen and oxygen atoms in total. The zero-order valence-electron chi connectivity index (χ0n) is 10.7. The van der Waals surface area contributed by atoms with Crippen LogP contribution >= 0.6 is 0 Å². The minimum atomic E-state index is -0.919. The van der Waals surface area contributed by atoms with Gasteiger partial charge in [-0.05, 0) is 31.0 Å². The van der Waals surface area contributed by atoms with E-state index in [1.54, 1.807) is 25.1 Å². The Morgan fingerprint density at radius 3 is 2.83 bits per heavy atom. The highest BCUT2D eigenvalue weighted by atomic mass is 16.4. The molecule has 1 aromatic rings. The molecule has 96 valence electrons. The molecule has 0 saturated heterocycles. The molecule has 0 radical (unpaired) electrons. The molecular formula is C14H18N2O2. The first-order valence-electron chi connectivity index (χ1n) is 5.99. The number of carboxylic acids is 1. The number of hydrogen-bond acceptors (Lipinski definition) is 3. The van der Waals surface area contributed by atoms with Gasteiger partial charge in [0.25, 0.3) is 0 Å². The van der Waals surface area contributed by atoms with Gasteiger partial charge in [0.05, 0.1) is 11.6 Å². The van der Waals surface area contributed by atoms with Gasteiger partial charge in [-0.2, -0.15) is 5.26 Å². The topological polar surface area (TPSA) is 73.1 Å². The first-order valence-corrected chi connectivity index (χ1v) is 5.99. The van der Waals surface area contributed by atoms with E-state index in [2.05, 4.69) is 11.4 Å². The molecule has 0 spiro atoms. The van der Waals surface area contributed by atoms with Crippen molar-refractivity contribution in [1.82, 2.24) is 5.32 Å². The molecule has 0 amide bonds. The maximum Gasteiger partial charge on any atom is 0.323 e. The summed E-state index contributed by atoms with van der Waals surface area (Å²) in [5.74, 6) is -0.846. The quantitative estimate of drug-likeness (QED) is 0.807. The average molecular weight is 246 g/mol. The van der Waals surface area contributed by atoms with Crippen molar-refractivity contribution >= 4 is 5.97 Å². The highest BCUT2D eigenvalue weighted by Crippen LogP contribution is 2.14. The third kappa shape index (κ3) is 3.57. The molecule has 18 heavy (non-hydrogen) atoms. The second kappa shape index (κ2) is 6.18. The van der Waals surface area contributed by atoms with Gasteiger partial charge < -0.3 is 5.11 Å². The second-order valence-electron chi connectivity index (χ2n) is 4.55. The second-order valence-corrected chi connectivity index (χ2v) is 4.55. The van der Waals surface area contributed by atoms with Gasteiger partial charge in [-0.15, -0.1) is 0 Å². The van der Waals surface area contributed by atoms with E-state index in [0.717, 1.165) is 12.0 Å². The van der Waals surface area contributed by atoms with Crippen LogP contribution in [0.4, 0.5) is 0 Å². The largest absolute Gasteiger partial charge is 0.480 e. The van der Waals surface area contributed by atoms with Gasteiger partial charge in [0.2, 0.25) is 0 Å². The van der Waals surface area contributed by atoms with Crippen molar-refractivity contribution in [3.63, 3.8) is 0 Å². The Hall–Kier alpha value is -1.86. The molecular weight excluding hydrogens is 228 g/mol. The van der Waals surface area contributed by atoms with E-state index in [0.29, 0.717) is 18.5 Å². The zero-order chi connectivity index (χ0) is 13.6. The van der Waals surface area contributed by atoms with Gasteiger partial charge in [-0.25, -0.2) is 0 Å². The highest BCUT2D eigenvalue weighted by molar-refractivity contribution is 5.78. The maximum absolute atomic E-state index is 11.2. The summed E-state index contributed by atoms with van der Waals surface area (Å²) in [6.07, 6.45) is 1.37. The fourth-order valence-corrected chi connectivity index (χ4v) is 1.82. The van der Waals surface area contributed by atoms with E-state index in [-0.39, 0.29) is 0 Å². The van der Waals surface area contributed by atoms with Gasteiger partial charge >= 0.3 is 5.97 Å². The van der Waals surface area contributed by atoms with Crippen LogP contribution in [0.5, 0.6) is 0 Å². The average Bonchev–Trinajstić information content (AvgIpc) is 2.37. The molecule has 0 aliphatic heterocycles. The number of hydrogen-bond donors (Lipinski definition) is 2. The van der Waals surface area contributed by atoms with Gasteiger partial charge in [0, 0.05) is 6.54 Å². The van der Waals surface area contributed by atoms with Crippen LogP contribution in [0, 0.1) is 11.3 Å². The third-order valence-electron chi connectivity index (χ3n) is 2.96. The Kier molecular flexibility index (Phi) is 4.87. The number of benzene rings is 1. The Morgan fingerprint density at radius 1 is 1.56 bits per heavy atom. The highest BCUT2D eigenvalue weighted by Gasteiger charge is 2.31. The monoisotopic (exact) mass is 246 g/mol. The number of carbonyl (C=O) groups is 1. The summed E-state index contributed by atoms with van der Waals surface area (Å²) in [6.45, 7) is 4.09. The molecule has 0 bridgehead atoms. The third-order valence-corrected chi connectivity index (χ3v) is 2.96. The Bertz CT molecular complexity index is 465. The molecule has 0 heterocycles. The van der Waals surface area contributed by atoms with E-state index < -0.39 is 11.5 Å². The molecule has 1 rings (SSSR count). The fourth-order valence-electron chi connectivity index (χ4n) is 1.82. The molecule has 0 aliphatic rings. The van der Waals surface area contributed by atoms with Crippen molar-refractivity contribution < 1.29 is 9.90 Å². The number of rotatable bonds is 6. The minimum Gasteiger partial charge on any atom is -0.480 e. The summed E-state index contributed by atoms with van der Waals surface area (Å²) in [4.78, 5) is 11.2. The van der Waals surface area contributed by atoms with Crippen molar-refractivity contribution in [3.05, 3.63) is 35.4 Å². The summed E-state index contributed by atoms with van der Waals surface area (Å²) in [5, 5.41) is 21.1. The number of nitrogens with zero attached hydrogens (tertiary/aromatic N) is 1. The number of carboxylic acid groups (broad SMARTS) is 1. The molecule has 0 fully saturated rings. The summed E-state index contributed by atoms with van der Waals surface area (Å²) in [5.41, 5.74) is 0.580. The number of aliphatic carboxylic acids is 1. The lowest BCUT2D eigenvalue weighted by Crippen LogP contribution is -2.48. The Labute approximate surface area is 107 Å². The van der Waals surface area contributed by atoms with Crippen LogP contribution in [-0.4, -0.2) is 16.6 Å². The van der Waals surface area contributed by atoms with Gasteiger partial charge in [-0.3, -0.25) is 10.1 Å². The van der Waals surface area contributed by atoms with Gasteiger partial charge in [-0.1, -0.05) is 25.5 Å². The smallest absolute Gasteiger partial charge is 0.323 e. The molecule has 1 aromatic carbocycles. The molecule has 1 atom stereocenters. The van der Waals surface area contributed by atoms with E-state index in [9.17, 15) is 9.90 Å². The zero-order valence-corrected chi connectivity index (χ0v) is 10.7. The molecule has 2 N–H and O–H groups in total. The van der Waals surface area contributed by atoms with Crippen molar-refractivity contribution in [2.75, 3.05) is 0 Å². The van der Waals surface area contributed by atoms with Gasteiger partial charge in [0.15, 0.2) is 0 Å². The van der Waals surface area contributed by atoms with E-state index in [1.807, 2.05) is 13.0 Å². The molecule has 0 saturated carbocycles. The van der Waals surface area contributed by atoms with Crippen LogP contribution in [0.2, 0.25) is 0 Å². The van der Waals surface area contributed by atoms with E-state index in [1.165, 1.54) is 0 Å². The summed E-state index contributed by atoms with van der Waals surface area (Å²) < 4.78 is 0. The molecule has 0 aliphatic carbocycles. The Balaban J connectivity index is 2.73. The van der Waals surface area contributed by atoms with Crippen LogP contribution < -0.4 is 5.32 Å². The summed E-state index contributed by atoms with van der Waals surface area (Å²) >= 11 is 0. The Morgan fingerprint density at radius 2 is 2.28 bits per heavy atom. The summed E-state index contributed by atoms with van der Waals surface area (Å²) in [7, 11) is 0. The fraction of sp³-hybridized carbons (Fsp3) is 0.429. The minimum absolute atomic E-state index is 0.443. The predicted octanol–water partition coefficient (Wildman–Crippen LogP) is 2.29. The van der Waals surface area contributed by atoms with Crippen LogP contribution in [0.25, 0.3) is 0 Å². The van der Waals surface area contributed by atoms with Crippen molar-refractivity contribution in [2.24, 2.45) is 0 Å². The first kappa shape index (κ1) is 14.2. The molecule has 4 heteroatoms. The van der Waals surface area contributed by atoms with Crippen LogP contribution in [0.3, 0.4) is 0 Å². The molecule has 1 unspecified atom stereocenters. The predicted molar refractivity (Wildman–Crippen MR) is 68.9 cm³/mol. The SMILES string of the molecule is CCCC(C)(NCc1cccc(C#N)c1)C(=O)O. The maximum atomic E-state index is 11.2. The molecule has 0 aromatic heterocycles. The standard InChI is InChI=1S/C14H18N2O2/c1-3-7-14(2,13(17)18)16-10-12-6-4-5-11(8-12)9-15/h4-6,8,16H,3,7,10H2,1-2H3,(H,17,18). The summed E-state index contributed by atoms with van der Waals surface area (Å²) in [6, 6.07) is 9.24. The van der Waals surface area contributed by atoms with Crippen molar-refractivity contribution in [3.8, 4) is 6.07 Å². The van der Waals surface area contributed by atoms with E-state index in [4.69, 9.17) is 5.26 Å². The number of nitrogens with one attached hydrogen (secondary N) is 1. The van der Waals surface area contributed by atoms with Crippen LogP contribution in [0.1, 0.15) is 37.8 Å². The van der Waals surface area contributed by atoms with Crippen LogP contribution in [0.15, 0.2) is 24.3 Å². The number of nitriles is 1. The lowest BCUT2D eigenvalue weighted by molar-refractivity contribution is -0.144. The van der Waals surface area contributed by atoms with Crippen molar-refractivity contribution in [2.45, 2.75) is 38.8 Å².